The highest BCUT2D eigenvalue weighted by atomic mass is 16.2. The van der Waals surface area contributed by atoms with E-state index in [0.717, 1.165) is 32.4 Å². The molecule has 0 aromatic heterocycles. The second-order valence-electron chi connectivity index (χ2n) is 6.48. The van der Waals surface area contributed by atoms with E-state index in [1.165, 1.54) is 19.3 Å². The standard InChI is InChI=1S/C15H29N3O/c1-17-9-5-7-13(11-17)18(2)15(19)10-12-6-3-4-8-14(12)16/h12-14H,3-11,16H2,1-2H3. The molecule has 1 saturated heterocycles. The first kappa shape index (κ1) is 14.8. The zero-order chi connectivity index (χ0) is 13.8. The first-order valence-corrected chi connectivity index (χ1v) is 7.77. The predicted octanol–water partition coefficient (Wildman–Crippen LogP) is 1.45. The average molecular weight is 267 g/mol. The number of nitrogens with zero attached hydrogens (tertiary/aromatic N) is 2. The van der Waals surface area contributed by atoms with Crippen molar-refractivity contribution in [3.63, 3.8) is 0 Å². The number of hydrogen-bond donors (Lipinski definition) is 1. The Hall–Kier alpha value is -0.610. The van der Waals surface area contributed by atoms with Crippen LogP contribution in [0.25, 0.3) is 0 Å². The largest absolute Gasteiger partial charge is 0.341 e. The summed E-state index contributed by atoms with van der Waals surface area (Å²) < 4.78 is 0. The lowest BCUT2D eigenvalue weighted by Crippen LogP contribution is -2.48. The van der Waals surface area contributed by atoms with Crippen LogP contribution in [0.5, 0.6) is 0 Å². The van der Waals surface area contributed by atoms with Gasteiger partial charge in [-0.2, -0.15) is 0 Å². The second-order valence-corrected chi connectivity index (χ2v) is 6.48. The van der Waals surface area contributed by atoms with Crippen molar-refractivity contribution in [2.45, 2.75) is 57.0 Å². The van der Waals surface area contributed by atoms with Crippen LogP contribution in [0, 0.1) is 5.92 Å². The van der Waals surface area contributed by atoms with E-state index in [-0.39, 0.29) is 6.04 Å². The molecule has 1 heterocycles. The molecule has 1 amide bonds. The summed E-state index contributed by atoms with van der Waals surface area (Å²) in [6, 6.07) is 0.631. The summed E-state index contributed by atoms with van der Waals surface area (Å²) in [4.78, 5) is 16.7. The van der Waals surface area contributed by atoms with E-state index >= 15 is 0 Å². The maximum absolute atomic E-state index is 12.4. The van der Waals surface area contributed by atoms with E-state index in [4.69, 9.17) is 5.73 Å². The molecular formula is C15H29N3O. The fraction of sp³-hybridized carbons (Fsp3) is 0.933. The van der Waals surface area contributed by atoms with Crippen LogP contribution in [0.1, 0.15) is 44.9 Å². The van der Waals surface area contributed by atoms with Crippen LogP contribution >= 0.6 is 0 Å². The first-order valence-electron chi connectivity index (χ1n) is 7.77. The van der Waals surface area contributed by atoms with Gasteiger partial charge in [0, 0.05) is 32.1 Å². The third-order valence-electron chi connectivity index (χ3n) is 4.95. The third-order valence-corrected chi connectivity index (χ3v) is 4.95. The number of likely N-dealkylation sites (N-methyl/N-ethyl adjacent to an activating group) is 2. The number of carbonyl (C=O) groups excluding carboxylic acids is 1. The van der Waals surface area contributed by atoms with Crippen molar-refractivity contribution >= 4 is 5.91 Å². The molecule has 3 unspecified atom stereocenters. The number of likely N-dealkylation sites (tertiary alicyclic amines) is 1. The van der Waals surface area contributed by atoms with Gasteiger partial charge in [-0.3, -0.25) is 4.79 Å². The molecule has 0 aromatic carbocycles. The van der Waals surface area contributed by atoms with Gasteiger partial charge >= 0.3 is 0 Å². The van der Waals surface area contributed by atoms with Crippen LogP contribution in [-0.4, -0.2) is 55.0 Å². The summed E-state index contributed by atoms with van der Waals surface area (Å²) in [6.45, 7) is 2.17. The molecule has 110 valence electrons. The lowest BCUT2D eigenvalue weighted by molar-refractivity contribution is -0.134. The molecule has 1 aliphatic carbocycles. The summed E-state index contributed by atoms with van der Waals surface area (Å²) in [5, 5.41) is 0. The summed E-state index contributed by atoms with van der Waals surface area (Å²) in [5.74, 6) is 0.702. The zero-order valence-electron chi connectivity index (χ0n) is 12.5. The molecule has 19 heavy (non-hydrogen) atoms. The van der Waals surface area contributed by atoms with Gasteiger partial charge in [0.15, 0.2) is 0 Å². The third kappa shape index (κ3) is 3.93. The number of carbonyl (C=O) groups is 1. The Bertz CT molecular complexity index is 308. The Morgan fingerprint density at radius 1 is 1.26 bits per heavy atom. The number of hydrogen-bond acceptors (Lipinski definition) is 3. The van der Waals surface area contributed by atoms with Crippen molar-refractivity contribution in [3.8, 4) is 0 Å². The molecule has 0 radical (unpaired) electrons. The van der Waals surface area contributed by atoms with Crippen LogP contribution in [0.4, 0.5) is 0 Å². The van der Waals surface area contributed by atoms with Crippen molar-refractivity contribution in [1.29, 1.82) is 0 Å². The Morgan fingerprint density at radius 2 is 2.00 bits per heavy atom. The van der Waals surface area contributed by atoms with Gasteiger partial charge in [0.25, 0.3) is 0 Å². The first-order chi connectivity index (χ1) is 9.08. The van der Waals surface area contributed by atoms with E-state index in [1.807, 2.05) is 11.9 Å². The molecule has 3 atom stereocenters. The minimum atomic E-state index is 0.236. The molecule has 2 aliphatic rings. The van der Waals surface area contributed by atoms with Crippen LogP contribution in [0.2, 0.25) is 0 Å². The normalized spacial score (nSPS) is 33.1. The fourth-order valence-corrected chi connectivity index (χ4v) is 3.52. The Labute approximate surface area is 117 Å². The number of piperidine rings is 1. The van der Waals surface area contributed by atoms with E-state index in [9.17, 15) is 4.79 Å². The smallest absolute Gasteiger partial charge is 0.222 e. The molecule has 4 nitrogen and oxygen atoms in total. The average Bonchev–Trinajstić information content (AvgIpc) is 2.40. The minimum absolute atomic E-state index is 0.236. The van der Waals surface area contributed by atoms with Gasteiger partial charge in [-0.1, -0.05) is 12.8 Å². The lowest BCUT2D eigenvalue weighted by Gasteiger charge is -2.37. The van der Waals surface area contributed by atoms with Gasteiger partial charge in [0.1, 0.15) is 0 Å². The molecular weight excluding hydrogens is 238 g/mol. The number of nitrogens with two attached hydrogens (primary N) is 1. The summed E-state index contributed by atoms with van der Waals surface area (Å²) in [6.07, 6.45) is 7.68. The molecule has 0 aromatic rings. The van der Waals surface area contributed by atoms with Crippen LogP contribution in [-0.2, 0) is 4.79 Å². The monoisotopic (exact) mass is 267 g/mol. The Kier molecular flexibility index (Phi) is 5.22. The van der Waals surface area contributed by atoms with Gasteiger partial charge in [-0.25, -0.2) is 0 Å². The van der Waals surface area contributed by atoms with Gasteiger partial charge in [0.2, 0.25) is 5.91 Å². The summed E-state index contributed by atoms with van der Waals surface area (Å²) in [5.41, 5.74) is 6.15. The van der Waals surface area contributed by atoms with Crippen molar-refractivity contribution < 1.29 is 4.79 Å². The topological polar surface area (TPSA) is 49.6 Å². The fourth-order valence-electron chi connectivity index (χ4n) is 3.52. The Balaban J connectivity index is 1.84. The summed E-state index contributed by atoms with van der Waals surface area (Å²) >= 11 is 0. The number of amides is 1. The molecule has 1 saturated carbocycles. The van der Waals surface area contributed by atoms with Gasteiger partial charge in [0.05, 0.1) is 0 Å². The Morgan fingerprint density at radius 3 is 2.68 bits per heavy atom. The highest BCUT2D eigenvalue weighted by Crippen LogP contribution is 2.26. The molecule has 4 heteroatoms. The molecule has 1 aliphatic heterocycles. The maximum atomic E-state index is 12.4. The van der Waals surface area contributed by atoms with E-state index < -0.39 is 0 Å². The molecule has 2 fully saturated rings. The molecule has 0 bridgehead atoms. The molecule has 2 rings (SSSR count). The van der Waals surface area contributed by atoms with Gasteiger partial charge in [-0.15, -0.1) is 0 Å². The maximum Gasteiger partial charge on any atom is 0.222 e. The highest BCUT2D eigenvalue weighted by molar-refractivity contribution is 5.76. The molecule has 2 N–H and O–H groups in total. The van der Waals surface area contributed by atoms with Crippen LogP contribution in [0.3, 0.4) is 0 Å². The number of rotatable bonds is 3. The van der Waals surface area contributed by atoms with E-state index in [2.05, 4.69) is 11.9 Å². The minimum Gasteiger partial charge on any atom is -0.341 e. The predicted molar refractivity (Wildman–Crippen MR) is 77.8 cm³/mol. The summed E-state index contributed by atoms with van der Waals surface area (Å²) in [7, 11) is 4.11. The van der Waals surface area contributed by atoms with E-state index in [0.29, 0.717) is 24.3 Å². The second kappa shape index (κ2) is 6.71. The zero-order valence-corrected chi connectivity index (χ0v) is 12.5. The van der Waals surface area contributed by atoms with E-state index in [1.54, 1.807) is 0 Å². The molecule has 0 spiro atoms. The SMILES string of the molecule is CN1CCCC(N(C)C(=O)CC2CCCCC2N)C1. The van der Waals surface area contributed by atoms with Gasteiger partial charge < -0.3 is 15.5 Å². The lowest BCUT2D eigenvalue weighted by atomic mass is 9.82. The van der Waals surface area contributed by atoms with Gasteiger partial charge in [-0.05, 0) is 45.2 Å². The quantitative estimate of drug-likeness (QED) is 0.842. The van der Waals surface area contributed by atoms with Crippen LogP contribution < -0.4 is 5.73 Å². The van der Waals surface area contributed by atoms with Crippen molar-refractivity contribution in [2.24, 2.45) is 11.7 Å². The van der Waals surface area contributed by atoms with Crippen molar-refractivity contribution in [3.05, 3.63) is 0 Å². The van der Waals surface area contributed by atoms with Crippen LogP contribution in [0.15, 0.2) is 0 Å². The van der Waals surface area contributed by atoms with Crippen molar-refractivity contribution in [2.75, 3.05) is 27.2 Å². The highest BCUT2D eigenvalue weighted by Gasteiger charge is 2.29. The van der Waals surface area contributed by atoms with Crippen molar-refractivity contribution in [1.82, 2.24) is 9.80 Å².